The van der Waals surface area contributed by atoms with Gasteiger partial charge in [0.25, 0.3) is 0 Å². The van der Waals surface area contributed by atoms with Crippen molar-refractivity contribution in [2.45, 2.75) is 18.4 Å². The molecule has 3 aromatic rings. The van der Waals surface area contributed by atoms with Gasteiger partial charge in [-0.1, -0.05) is 30.0 Å². The predicted octanol–water partition coefficient (Wildman–Crippen LogP) is 3.63. The highest BCUT2D eigenvalue weighted by atomic mass is 32.2. The van der Waals surface area contributed by atoms with Gasteiger partial charge in [0.15, 0.2) is 16.7 Å². The second-order valence-corrected chi connectivity index (χ2v) is 6.81. The molecule has 0 fully saturated rings. The Bertz CT molecular complexity index is 1030. The summed E-state index contributed by atoms with van der Waals surface area (Å²) in [4.78, 5) is 12.3. The van der Waals surface area contributed by atoms with Crippen LogP contribution in [0.15, 0.2) is 53.7 Å². The minimum absolute atomic E-state index is 0.0650. The summed E-state index contributed by atoms with van der Waals surface area (Å²) in [6.45, 7) is 1.83. The first-order chi connectivity index (χ1) is 13.4. The van der Waals surface area contributed by atoms with E-state index in [-0.39, 0.29) is 23.2 Å². The summed E-state index contributed by atoms with van der Waals surface area (Å²) in [5.41, 5.74) is 1.22. The molecule has 0 saturated carbocycles. The normalized spacial score (nSPS) is 14.1. The first-order valence-corrected chi connectivity index (χ1v) is 9.20. The number of alkyl halides is 2. The molecule has 0 unspecified atom stereocenters. The van der Waals surface area contributed by atoms with Crippen LogP contribution < -0.4 is 14.8 Å². The maximum absolute atomic E-state index is 13.1. The quantitative estimate of drug-likeness (QED) is 0.655. The van der Waals surface area contributed by atoms with E-state index in [1.54, 1.807) is 0 Å². The molecule has 0 saturated heterocycles. The molecular weight excluding hydrogens is 390 g/mol. The molecule has 0 aliphatic carbocycles. The summed E-state index contributed by atoms with van der Waals surface area (Å²) in [5.74, 6) is 0.232. The maximum atomic E-state index is 13.1. The fourth-order valence-electron chi connectivity index (χ4n) is 2.66. The van der Waals surface area contributed by atoms with Gasteiger partial charge in [0.05, 0.1) is 5.75 Å². The van der Waals surface area contributed by atoms with Crippen LogP contribution in [-0.2, 0) is 4.79 Å². The van der Waals surface area contributed by atoms with Gasteiger partial charge in [0.1, 0.15) is 5.82 Å². The zero-order valence-corrected chi connectivity index (χ0v) is 15.4. The van der Waals surface area contributed by atoms with E-state index in [0.29, 0.717) is 16.7 Å². The molecule has 144 valence electrons. The van der Waals surface area contributed by atoms with Crippen molar-refractivity contribution >= 4 is 23.4 Å². The summed E-state index contributed by atoms with van der Waals surface area (Å²) < 4.78 is 36.7. The fraction of sp³-hybridized carbons (Fsp3) is 0.167. The third-order valence-electron chi connectivity index (χ3n) is 3.83. The average molecular weight is 404 g/mol. The third-order valence-corrected chi connectivity index (χ3v) is 4.76. The number of halogens is 2. The lowest BCUT2D eigenvalue weighted by Gasteiger charge is -2.08. The summed E-state index contributed by atoms with van der Waals surface area (Å²) in [6, 6.07) is 13.6. The molecule has 0 bridgehead atoms. The van der Waals surface area contributed by atoms with Crippen LogP contribution in [-0.4, -0.2) is 32.7 Å². The number of aromatic nitrogens is 3. The fourth-order valence-corrected chi connectivity index (χ4v) is 3.46. The third kappa shape index (κ3) is 3.77. The molecule has 2 aromatic carbocycles. The molecule has 1 aliphatic heterocycles. The average Bonchev–Trinajstić information content (AvgIpc) is 3.18. The first-order valence-electron chi connectivity index (χ1n) is 8.21. The van der Waals surface area contributed by atoms with Crippen LogP contribution >= 0.6 is 11.8 Å². The molecule has 1 aromatic heterocycles. The van der Waals surface area contributed by atoms with Gasteiger partial charge in [-0.15, -0.1) is 19.0 Å². The molecule has 2 heterocycles. The number of amides is 1. The van der Waals surface area contributed by atoms with Crippen LogP contribution in [0.4, 0.5) is 14.5 Å². The van der Waals surface area contributed by atoms with Gasteiger partial charge in [-0.2, -0.15) is 0 Å². The topological polar surface area (TPSA) is 78.3 Å². The largest absolute Gasteiger partial charge is 0.586 e. The number of carbonyl (C=O) groups excluding carboxylic acids is 1. The van der Waals surface area contributed by atoms with Gasteiger partial charge >= 0.3 is 6.29 Å². The van der Waals surface area contributed by atoms with E-state index in [9.17, 15) is 13.6 Å². The van der Waals surface area contributed by atoms with Crippen LogP contribution in [0.25, 0.3) is 5.69 Å². The lowest BCUT2D eigenvalue weighted by atomic mass is 10.3. The van der Waals surface area contributed by atoms with Gasteiger partial charge in [-0.25, -0.2) is 0 Å². The lowest BCUT2D eigenvalue weighted by Crippen LogP contribution is -2.25. The lowest BCUT2D eigenvalue weighted by molar-refractivity contribution is -0.286. The molecule has 4 rings (SSSR count). The van der Waals surface area contributed by atoms with Crippen molar-refractivity contribution < 1.29 is 23.0 Å². The summed E-state index contributed by atoms with van der Waals surface area (Å²) in [6.07, 6.45) is -3.69. The first kappa shape index (κ1) is 18.2. The zero-order chi connectivity index (χ0) is 19.7. The van der Waals surface area contributed by atoms with Gasteiger partial charge in [0.2, 0.25) is 5.91 Å². The Morgan fingerprint density at radius 2 is 1.89 bits per heavy atom. The number of benzene rings is 2. The number of ether oxygens (including phenoxy) is 2. The molecule has 0 spiro atoms. The second-order valence-electron chi connectivity index (χ2n) is 5.87. The molecule has 10 heteroatoms. The highest BCUT2D eigenvalue weighted by molar-refractivity contribution is 7.99. The molecule has 0 atom stereocenters. The van der Waals surface area contributed by atoms with E-state index >= 15 is 0 Å². The Balaban J connectivity index is 1.41. The smallest absolute Gasteiger partial charge is 0.395 e. The number of hydrogen-bond acceptors (Lipinski definition) is 6. The van der Waals surface area contributed by atoms with Gasteiger partial charge in [0, 0.05) is 17.4 Å². The number of nitrogens with one attached hydrogen (secondary N) is 1. The second kappa shape index (κ2) is 7.12. The number of carbonyl (C=O) groups is 1. The van der Waals surface area contributed by atoms with Crippen LogP contribution in [0, 0.1) is 6.92 Å². The molecule has 1 aliphatic rings. The van der Waals surface area contributed by atoms with Gasteiger partial charge in [-0.3, -0.25) is 9.36 Å². The van der Waals surface area contributed by atoms with Crippen molar-refractivity contribution in [3.05, 3.63) is 54.4 Å². The van der Waals surface area contributed by atoms with Gasteiger partial charge < -0.3 is 14.8 Å². The number of anilines is 1. The highest BCUT2D eigenvalue weighted by Crippen LogP contribution is 2.42. The molecule has 1 N–H and O–H groups in total. The van der Waals surface area contributed by atoms with Crippen LogP contribution in [0.2, 0.25) is 0 Å². The zero-order valence-electron chi connectivity index (χ0n) is 14.6. The molecule has 1 amide bonds. The minimum Gasteiger partial charge on any atom is -0.395 e. The standard InChI is InChI=1S/C18H14F2N4O3S/c1-11-22-23-17(24(11)13-5-3-2-4-6-13)28-10-16(25)21-12-7-8-14-15(9-12)27-18(19,20)26-14/h2-9H,10H2,1H3,(H,21,25). The predicted molar refractivity (Wildman–Crippen MR) is 98.1 cm³/mol. The number of thioether (sulfide) groups is 1. The number of fused-ring (bicyclic) bond motifs is 1. The number of para-hydroxylation sites is 1. The summed E-state index contributed by atoms with van der Waals surface area (Å²) >= 11 is 1.22. The molecule has 7 nitrogen and oxygen atoms in total. The van der Waals surface area contributed by atoms with Crippen molar-refractivity contribution in [3.63, 3.8) is 0 Å². The maximum Gasteiger partial charge on any atom is 0.586 e. The van der Waals surface area contributed by atoms with E-state index < -0.39 is 6.29 Å². The van der Waals surface area contributed by atoms with Crippen LogP contribution in [0.5, 0.6) is 11.5 Å². The van der Waals surface area contributed by atoms with Crippen molar-refractivity contribution in [1.29, 1.82) is 0 Å². The van der Waals surface area contributed by atoms with E-state index in [2.05, 4.69) is 25.0 Å². The van der Waals surface area contributed by atoms with E-state index in [0.717, 1.165) is 5.69 Å². The number of nitrogens with zero attached hydrogens (tertiary/aromatic N) is 3. The van der Waals surface area contributed by atoms with Crippen LogP contribution in [0.1, 0.15) is 5.82 Å². The number of hydrogen-bond donors (Lipinski definition) is 1. The Morgan fingerprint density at radius 3 is 2.68 bits per heavy atom. The molecular formula is C18H14F2N4O3S. The Kier molecular flexibility index (Phi) is 4.63. The van der Waals surface area contributed by atoms with E-state index in [1.807, 2.05) is 41.8 Å². The monoisotopic (exact) mass is 404 g/mol. The highest BCUT2D eigenvalue weighted by Gasteiger charge is 2.43. The van der Waals surface area contributed by atoms with Crippen LogP contribution in [0.3, 0.4) is 0 Å². The Hall–Kier alpha value is -3.14. The van der Waals surface area contributed by atoms with Crippen molar-refractivity contribution in [3.8, 4) is 17.2 Å². The number of aryl methyl sites for hydroxylation is 1. The van der Waals surface area contributed by atoms with Gasteiger partial charge in [-0.05, 0) is 31.2 Å². The van der Waals surface area contributed by atoms with E-state index in [4.69, 9.17) is 0 Å². The summed E-state index contributed by atoms with van der Waals surface area (Å²) in [5, 5.41) is 11.4. The molecule has 28 heavy (non-hydrogen) atoms. The van der Waals surface area contributed by atoms with Crippen molar-refractivity contribution in [2.24, 2.45) is 0 Å². The minimum atomic E-state index is -3.69. The van der Waals surface area contributed by atoms with E-state index in [1.165, 1.54) is 30.0 Å². The SMILES string of the molecule is Cc1nnc(SCC(=O)Nc2ccc3c(c2)OC(F)(F)O3)n1-c1ccccc1. The Labute approximate surface area is 162 Å². The summed E-state index contributed by atoms with van der Waals surface area (Å²) in [7, 11) is 0. The number of rotatable bonds is 5. The Morgan fingerprint density at radius 1 is 1.14 bits per heavy atom. The van der Waals surface area contributed by atoms with Crippen molar-refractivity contribution in [2.75, 3.05) is 11.1 Å². The molecule has 0 radical (unpaired) electrons. The van der Waals surface area contributed by atoms with Crippen molar-refractivity contribution in [1.82, 2.24) is 14.8 Å².